The lowest BCUT2D eigenvalue weighted by atomic mass is 9.58. The van der Waals surface area contributed by atoms with Crippen molar-refractivity contribution in [3.8, 4) is 0 Å². The largest absolute Gasteiger partial charge is 0.459 e. The van der Waals surface area contributed by atoms with Crippen LogP contribution in [0.3, 0.4) is 0 Å². The fourth-order valence-corrected chi connectivity index (χ4v) is 6.41. The Balaban J connectivity index is 1.84. The smallest absolute Gasteiger partial charge is 0.309 e. The molecule has 2 saturated heterocycles. The van der Waals surface area contributed by atoms with Crippen LogP contribution in [0.25, 0.3) is 0 Å². The van der Waals surface area contributed by atoms with Gasteiger partial charge >= 0.3 is 11.9 Å². The Morgan fingerprint density at radius 2 is 2.04 bits per heavy atom. The zero-order valence-corrected chi connectivity index (χ0v) is 17.1. The average molecular weight is 376 g/mol. The van der Waals surface area contributed by atoms with Gasteiger partial charge in [0.15, 0.2) is 0 Å². The summed E-state index contributed by atoms with van der Waals surface area (Å²) >= 11 is 0. The molecule has 3 heterocycles. The van der Waals surface area contributed by atoms with Crippen molar-refractivity contribution in [2.24, 2.45) is 23.7 Å². The van der Waals surface area contributed by atoms with E-state index >= 15 is 0 Å². The van der Waals surface area contributed by atoms with Gasteiger partial charge in [-0.3, -0.25) is 9.59 Å². The Bertz CT molecular complexity index is 684. The van der Waals surface area contributed by atoms with E-state index in [0.717, 1.165) is 32.1 Å². The standard InChI is InChI=1S/C22H32O5/c1-12-7-6-9-22(5)19-17-15(13(2)20(24)27-22)8-10-21(4,26-14(3)23)18(17)16(11-12)25-19/h7,13,15-19H,6,8-11H2,1-5H3/b12-7-/t13-,15+,16+,17-,18-,19+,21+,22+/m1/s1. The third kappa shape index (κ3) is 2.93. The third-order valence-corrected chi connectivity index (χ3v) is 7.64. The minimum Gasteiger partial charge on any atom is -0.459 e. The second kappa shape index (κ2) is 6.33. The molecule has 1 aliphatic carbocycles. The molecule has 0 N–H and O–H groups in total. The van der Waals surface area contributed by atoms with Crippen LogP contribution in [0.5, 0.6) is 0 Å². The van der Waals surface area contributed by atoms with Gasteiger partial charge in [0.25, 0.3) is 0 Å². The second-order valence-electron chi connectivity index (χ2n) is 9.62. The summed E-state index contributed by atoms with van der Waals surface area (Å²) in [5.41, 5.74) is 0.113. The molecule has 8 atom stereocenters. The average Bonchev–Trinajstić information content (AvgIpc) is 2.93. The Morgan fingerprint density at radius 3 is 2.74 bits per heavy atom. The van der Waals surface area contributed by atoms with E-state index in [-0.39, 0.29) is 47.8 Å². The molecule has 5 heteroatoms. The SMILES string of the molecule is CC(=O)O[C@@]1(C)CC[C@@H]2[C@@H]3[C@H]1[C@@H]1C/C(C)=C\CC[C@](C)(OC(=O)[C@@H]2C)[C@H]3O1. The van der Waals surface area contributed by atoms with Crippen LogP contribution >= 0.6 is 0 Å². The summed E-state index contributed by atoms with van der Waals surface area (Å²) in [5.74, 6) is -0.0260. The number of fused-ring (bicyclic) bond motifs is 2. The summed E-state index contributed by atoms with van der Waals surface area (Å²) in [6.45, 7) is 9.73. The molecule has 3 fully saturated rings. The van der Waals surface area contributed by atoms with Gasteiger partial charge in [-0.05, 0) is 58.8 Å². The van der Waals surface area contributed by atoms with Gasteiger partial charge in [0.05, 0.1) is 12.0 Å². The van der Waals surface area contributed by atoms with Crippen LogP contribution in [-0.2, 0) is 23.8 Å². The normalized spacial score (nSPS) is 51.0. The van der Waals surface area contributed by atoms with Gasteiger partial charge in [0, 0.05) is 18.8 Å². The van der Waals surface area contributed by atoms with E-state index in [1.165, 1.54) is 12.5 Å². The highest BCUT2D eigenvalue weighted by Crippen LogP contribution is 2.59. The molecule has 0 spiro atoms. The highest BCUT2D eigenvalue weighted by molar-refractivity contribution is 5.73. The van der Waals surface area contributed by atoms with Crippen molar-refractivity contribution in [2.75, 3.05) is 0 Å². The summed E-state index contributed by atoms with van der Waals surface area (Å²) in [6, 6.07) is 0. The van der Waals surface area contributed by atoms with Gasteiger partial charge in [-0.1, -0.05) is 18.6 Å². The third-order valence-electron chi connectivity index (χ3n) is 7.64. The van der Waals surface area contributed by atoms with E-state index in [9.17, 15) is 9.59 Å². The molecule has 0 unspecified atom stereocenters. The number of esters is 2. The van der Waals surface area contributed by atoms with Crippen LogP contribution in [0.15, 0.2) is 11.6 Å². The molecule has 4 rings (SSSR count). The first-order chi connectivity index (χ1) is 12.6. The summed E-state index contributed by atoms with van der Waals surface area (Å²) in [5, 5.41) is 0. The van der Waals surface area contributed by atoms with Crippen molar-refractivity contribution in [3.05, 3.63) is 11.6 Å². The molecule has 5 nitrogen and oxygen atoms in total. The number of hydrogen-bond acceptors (Lipinski definition) is 5. The predicted molar refractivity (Wildman–Crippen MR) is 99.8 cm³/mol. The number of rotatable bonds is 1. The highest BCUT2D eigenvalue weighted by atomic mass is 16.6. The molecular formula is C22H32O5. The summed E-state index contributed by atoms with van der Waals surface area (Å²) in [7, 11) is 0. The van der Waals surface area contributed by atoms with Gasteiger partial charge in [0.1, 0.15) is 17.3 Å². The topological polar surface area (TPSA) is 61.8 Å². The lowest BCUT2D eigenvalue weighted by Gasteiger charge is -2.48. The number of ether oxygens (including phenoxy) is 3. The maximum atomic E-state index is 12.8. The molecule has 3 aliphatic heterocycles. The molecule has 4 aliphatic rings. The molecular weight excluding hydrogens is 344 g/mol. The molecule has 0 amide bonds. The first-order valence-electron chi connectivity index (χ1n) is 10.4. The molecule has 0 aromatic carbocycles. The van der Waals surface area contributed by atoms with Crippen molar-refractivity contribution in [1.82, 2.24) is 0 Å². The molecule has 0 aromatic heterocycles. The Labute approximate surface area is 161 Å². The number of carbonyl (C=O) groups is 2. The van der Waals surface area contributed by atoms with Crippen molar-refractivity contribution >= 4 is 11.9 Å². The molecule has 27 heavy (non-hydrogen) atoms. The summed E-state index contributed by atoms with van der Waals surface area (Å²) in [6.07, 6.45) is 6.22. The minimum atomic E-state index is -0.632. The summed E-state index contributed by atoms with van der Waals surface area (Å²) in [4.78, 5) is 24.8. The van der Waals surface area contributed by atoms with E-state index in [0.29, 0.717) is 0 Å². The van der Waals surface area contributed by atoms with E-state index in [1.807, 2.05) is 13.8 Å². The van der Waals surface area contributed by atoms with Gasteiger partial charge in [-0.2, -0.15) is 0 Å². The van der Waals surface area contributed by atoms with Gasteiger partial charge in [-0.25, -0.2) is 0 Å². The van der Waals surface area contributed by atoms with Crippen LogP contribution in [0, 0.1) is 23.7 Å². The number of allylic oxidation sites excluding steroid dienone is 1. The lowest BCUT2D eigenvalue weighted by molar-refractivity contribution is -0.180. The highest BCUT2D eigenvalue weighted by Gasteiger charge is 2.66. The summed E-state index contributed by atoms with van der Waals surface area (Å²) < 4.78 is 18.7. The maximum Gasteiger partial charge on any atom is 0.309 e. The fourth-order valence-electron chi connectivity index (χ4n) is 6.41. The van der Waals surface area contributed by atoms with E-state index in [1.54, 1.807) is 0 Å². The van der Waals surface area contributed by atoms with Crippen molar-refractivity contribution in [2.45, 2.75) is 90.1 Å². The Morgan fingerprint density at radius 1 is 1.30 bits per heavy atom. The first-order valence-corrected chi connectivity index (χ1v) is 10.4. The first kappa shape index (κ1) is 19.0. The Kier molecular flexibility index (Phi) is 4.45. The Hall–Kier alpha value is -1.36. The lowest BCUT2D eigenvalue weighted by Crippen LogP contribution is -2.54. The van der Waals surface area contributed by atoms with Gasteiger partial charge in [-0.15, -0.1) is 0 Å². The second-order valence-corrected chi connectivity index (χ2v) is 9.62. The molecule has 150 valence electrons. The number of hydrogen-bond donors (Lipinski definition) is 0. The zero-order valence-electron chi connectivity index (χ0n) is 17.1. The molecule has 2 bridgehead atoms. The van der Waals surface area contributed by atoms with E-state index in [4.69, 9.17) is 14.2 Å². The molecule has 0 radical (unpaired) electrons. The van der Waals surface area contributed by atoms with Crippen molar-refractivity contribution < 1.29 is 23.8 Å². The van der Waals surface area contributed by atoms with Crippen LogP contribution in [-0.4, -0.2) is 35.3 Å². The monoisotopic (exact) mass is 376 g/mol. The van der Waals surface area contributed by atoms with E-state index in [2.05, 4.69) is 19.9 Å². The zero-order chi connectivity index (χ0) is 19.6. The van der Waals surface area contributed by atoms with Gasteiger partial charge < -0.3 is 14.2 Å². The van der Waals surface area contributed by atoms with Gasteiger partial charge in [0.2, 0.25) is 0 Å². The van der Waals surface area contributed by atoms with Crippen molar-refractivity contribution in [1.29, 1.82) is 0 Å². The maximum absolute atomic E-state index is 12.8. The number of carbonyl (C=O) groups excluding carboxylic acids is 2. The van der Waals surface area contributed by atoms with Crippen LogP contribution < -0.4 is 0 Å². The molecule has 0 aromatic rings. The quantitative estimate of drug-likeness (QED) is 0.514. The van der Waals surface area contributed by atoms with Crippen molar-refractivity contribution in [3.63, 3.8) is 0 Å². The predicted octanol–water partition coefficient (Wildman–Crippen LogP) is 3.80. The fraction of sp³-hybridized carbons (Fsp3) is 0.818. The van der Waals surface area contributed by atoms with Crippen LogP contribution in [0.4, 0.5) is 0 Å². The van der Waals surface area contributed by atoms with Crippen LogP contribution in [0.2, 0.25) is 0 Å². The van der Waals surface area contributed by atoms with E-state index < -0.39 is 11.2 Å². The van der Waals surface area contributed by atoms with Crippen LogP contribution in [0.1, 0.15) is 66.7 Å². The molecule has 1 saturated carbocycles. The minimum absolute atomic E-state index is 0.00942.